The minimum atomic E-state index is -0.111. The molecule has 0 spiro atoms. The maximum absolute atomic E-state index is 12.3. The molecule has 4 aromatic rings. The van der Waals surface area contributed by atoms with Crippen molar-refractivity contribution in [2.75, 3.05) is 18.9 Å². The van der Waals surface area contributed by atoms with Gasteiger partial charge in [-0.25, -0.2) is 9.97 Å². The number of rotatable bonds is 7. The summed E-state index contributed by atoms with van der Waals surface area (Å²) in [5, 5.41) is 7.02. The summed E-state index contributed by atoms with van der Waals surface area (Å²) in [5.74, 6) is 1.40. The Kier molecular flexibility index (Phi) is 6.16. The van der Waals surface area contributed by atoms with Gasteiger partial charge in [-0.2, -0.15) is 0 Å². The van der Waals surface area contributed by atoms with E-state index in [0.717, 1.165) is 39.2 Å². The van der Waals surface area contributed by atoms with Crippen LogP contribution in [0.15, 0.2) is 61.2 Å². The average molecular weight is 453 g/mol. The van der Waals surface area contributed by atoms with Gasteiger partial charge in [0.2, 0.25) is 0 Å². The van der Waals surface area contributed by atoms with E-state index in [0.29, 0.717) is 18.0 Å². The highest BCUT2D eigenvalue weighted by atomic mass is 16.1. The predicted molar refractivity (Wildman–Crippen MR) is 134 cm³/mol. The lowest BCUT2D eigenvalue weighted by molar-refractivity contribution is 0.0964. The third-order valence-electron chi connectivity index (χ3n) is 6.66. The number of pyridine rings is 2. The van der Waals surface area contributed by atoms with Crippen molar-refractivity contribution in [3.63, 3.8) is 0 Å². The molecule has 0 aliphatic heterocycles. The van der Waals surface area contributed by atoms with Crippen molar-refractivity contribution in [1.29, 1.82) is 0 Å². The Morgan fingerprint density at radius 3 is 2.71 bits per heavy atom. The summed E-state index contributed by atoms with van der Waals surface area (Å²) >= 11 is 0. The van der Waals surface area contributed by atoms with E-state index in [4.69, 9.17) is 0 Å². The Hall–Kier alpha value is -3.87. The maximum Gasteiger partial charge on any atom is 0.251 e. The van der Waals surface area contributed by atoms with Gasteiger partial charge < -0.3 is 10.6 Å². The van der Waals surface area contributed by atoms with E-state index in [-0.39, 0.29) is 11.8 Å². The second-order valence-electron chi connectivity index (χ2n) is 8.85. The van der Waals surface area contributed by atoms with Gasteiger partial charge >= 0.3 is 0 Å². The molecule has 3 heterocycles. The van der Waals surface area contributed by atoms with Crippen LogP contribution in [0.2, 0.25) is 0 Å². The first kappa shape index (κ1) is 21.9. The second kappa shape index (κ2) is 9.55. The van der Waals surface area contributed by atoms with Crippen LogP contribution in [0.4, 0.5) is 5.82 Å². The van der Waals surface area contributed by atoms with Gasteiger partial charge in [-0.3, -0.25) is 14.8 Å². The first-order valence-corrected chi connectivity index (χ1v) is 11.8. The number of hydrogen-bond donors (Lipinski definition) is 2. The number of amides is 1. The molecule has 7 heteroatoms. The summed E-state index contributed by atoms with van der Waals surface area (Å²) in [6.45, 7) is 2.82. The van der Waals surface area contributed by atoms with E-state index in [9.17, 15) is 4.79 Å². The van der Waals surface area contributed by atoms with E-state index in [2.05, 4.69) is 49.6 Å². The van der Waals surface area contributed by atoms with Crippen LogP contribution in [0.1, 0.15) is 59.6 Å². The zero-order valence-electron chi connectivity index (χ0n) is 19.5. The number of carbonyl (C=O) groups excluding carboxylic acids is 1. The number of aromatic nitrogens is 4. The first-order valence-electron chi connectivity index (χ1n) is 11.8. The lowest BCUT2D eigenvalue weighted by atomic mass is 9.82. The Labute approximate surface area is 199 Å². The molecule has 1 amide bonds. The molecule has 0 bridgehead atoms. The fourth-order valence-electron chi connectivity index (χ4n) is 4.44. The van der Waals surface area contributed by atoms with Gasteiger partial charge in [0.1, 0.15) is 12.1 Å². The van der Waals surface area contributed by atoms with Crippen LogP contribution in [0.25, 0.3) is 22.2 Å². The molecule has 7 nitrogen and oxygen atoms in total. The molecule has 1 aliphatic carbocycles. The molecule has 2 N–H and O–H groups in total. The fourth-order valence-corrected chi connectivity index (χ4v) is 4.44. The number of para-hydroxylation sites is 1. The third kappa shape index (κ3) is 4.33. The molecule has 172 valence electrons. The molecular formula is C27H28N6O. The topological polar surface area (TPSA) is 92.7 Å². The molecule has 0 unspecified atom stereocenters. The van der Waals surface area contributed by atoms with Gasteiger partial charge in [-0.1, -0.05) is 31.5 Å². The highest BCUT2D eigenvalue weighted by Crippen LogP contribution is 2.36. The summed E-state index contributed by atoms with van der Waals surface area (Å²) in [4.78, 5) is 30.3. The van der Waals surface area contributed by atoms with Crippen LogP contribution in [0.3, 0.4) is 0 Å². The van der Waals surface area contributed by atoms with E-state index in [1.54, 1.807) is 25.6 Å². The van der Waals surface area contributed by atoms with Gasteiger partial charge in [-0.05, 0) is 36.6 Å². The van der Waals surface area contributed by atoms with Crippen molar-refractivity contribution in [2.45, 2.75) is 38.0 Å². The largest absolute Gasteiger partial charge is 0.369 e. The normalized spacial score (nSPS) is 14.4. The summed E-state index contributed by atoms with van der Waals surface area (Å²) in [5.41, 5.74) is 5.68. The van der Waals surface area contributed by atoms with Crippen LogP contribution in [0.5, 0.6) is 0 Å². The lowest BCUT2D eigenvalue weighted by Crippen LogP contribution is -2.18. The monoisotopic (exact) mass is 452 g/mol. The first-order chi connectivity index (χ1) is 16.6. The Morgan fingerprint density at radius 2 is 1.91 bits per heavy atom. The Bertz CT molecular complexity index is 1330. The van der Waals surface area contributed by atoms with Gasteiger partial charge in [0.25, 0.3) is 5.91 Å². The molecule has 1 atom stereocenters. The molecule has 1 fully saturated rings. The number of carbonyl (C=O) groups is 1. The number of nitrogens with one attached hydrogen (secondary N) is 2. The third-order valence-corrected chi connectivity index (χ3v) is 6.66. The standard InChI is InChI=1S/C27H28N6O/c1-17(20-7-4-8-21-22(27(34)28-2)10-12-30-26(20)21)15-31-25-14-24(32-16-33-25)19-9-11-29-23(13-19)18-5-3-6-18/h4,7-14,16-18H,3,5-6,15H2,1-2H3,(H,28,34)(H,31,32,33)/t17-/m1/s1. The van der Waals surface area contributed by atoms with Crippen molar-refractivity contribution in [1.82, 2.24) is 25.3 Å². The molecular weight excluding hydrogens is 424 g/mol. The van der Waals surface area contributed by atoms with Gasteiger partial charge in [0.15, 0.2) is 0 Å². The molecule has 1 aliphatic rings. The average Bonchev–Trinajstić information content (AvgIpc) is 2.85. The highest BCUT2D eigenvalue weighted by molar-refractivity contribution is 6.06. The number of anilines is 1. The minimum absolute atomic E-state index is 0.111. The van der Waals surface area contributed by atoms with E-state index >= 15 is 0 Å². The SMILES string of the molecule is CNC(=O)c1ccnc2c([C@H](C)CNc3cc(-c4ccnc(C5CCC5)c4)ncn3)cccc12. The van der Waals surface area contributed by atoms with Crippen LogP contribution in [-0.4, -0.2) is 39.4 Å². The van der Waals surface area contributed by atoms with E-state index in [1.807, 2.05) is 30.5 Å². The van der Waals surface area contributed by atoms with E-state index in [1.165, 1.54) is 19.3 Å². The number of fused-ring (bicyclic) bond motifs is 1. The summed E-state index contributed by atoms with van der Waals surface area (Å²) < 4.78 is 0. The van der Waals surface area contributed by atoms with Crippen molar-refractivity contribution in [3.05, 3.63) is 78.0 Å². The van der Waals surface area contributed by atoms with Gasteiger partial charge in [-0.15, -0.1) is 0 Å². The van der Waals surface area contributed by atoms with Crippen LogP contribution in [-0.2, 0) is 0 Å². The number of hydrogen-bond acceptors (Lipinski definition) is 6. The number of nitrogens with zero attached hydrogens (tertiary/aromatic N) is 4. The van der Waals surface area contributed by atoms with Crippen molar-refractivity contribution in [2.24, 2.45) is 0 Å². The van der Waals surface area contributed by atoms with Gasteiger partial charge in [0.05, 0.1) is 16.8 Å². The van der Waals surface area contributed by atoms with Gasteiger partial charge in [0, 0.05) is 60.5 Å². The van der Waals surface area contributed by atoms with Crippen molar-refractivity contribution < 1.29 is 4.79 Å². The molecule has 0 radical (unpaired) electrons. The van der Waals surface area contributed by atoms with Crippen LogP contribution >= 0.6 is 0 Å². The summed E-state index contributed by atoms with van der Waals surface area (Å²) in [6, 6.07) is 13.9. The summed E-state index contributed by atoms with van der Waals surface area (Å²) in [7, 11) is 1.64. The maximum atomic E-state index is 12.3. The second-order valence-corrected chi connectivity index (χ2v) is 8.85. The van der Waals surface area contributed by atoms with Crippen molar-refractivity contribution >= 4 is 22.6 Å². The predicted octanol–water partition coefficient (Wildman–Crippen LogP) is 4.93. The highest BCUT2D eigenvalue weighted by Gasteiger charge is 2.21. The quantitative estimate of drug-likeness (QED) is 0.413. The molecule has 3 aromatic heterocycles. The molecule has 0 saturated heterocycles. The Balaban J connectivity index is 1.34. The zero-order chi connectivity index (χ0) is 23.5. The Morgan fingerprint density at radius 1 is 1.06 bits per heavy atom. The van der Waals surface area contributed by atoms with Crippen LogP contribution < -0.4 is 10.6 Å². The zero-order valence-corrected chi connectivity index (χ0v) is 19.5. The minimum Gasteiger partial charge on any atom is -0.369 e. The van der Waals surface area contributed by atoms with Crippen molar-refractivity contribution in [3.8, 4) is 11.3 Å². The molecule has 5 rings (SSSR count). The number of benzene rings is 1. The smallest absolute Gasteiger partial charge is 0.251 e. The molecule has 34 heavy (non-hydrogen) atoms. The van der Waals surface area contributed by atoms with Crippen LogP contribution in [0, 0.1) is 0 Å². The molecule has 1 saturated carbocycles. The lowest BCUT2D eigenvalue weighted by Gasteiger charge is -2.24. The molecule has 1 aromatic carbocycles. The summed E-state index contributed by atoms with van der Waals surface area (Å²) in [6.07, 6.45) is 8.90. The fraction of sp³-hybridized carbons (Fsp3) is 0.296. The van der Waals surface area contributed by atoms with E-state index < -0.39 is 0 Å².